The van der Waals surface area contributed by atoms with Crippen molar-refractivity contribution in [1.29, 1.82) is 0 Å². The van der Waals surface area contributed by atoms with E-state index >= 15 is 0 Å². The molecule has 0 unspecified atom stereocenters. The van der Waals surface area contributed by atoms with E-state index in [1.54, 1.807) is 31.4 Å². The van der Waals surface area contributed by atoms with Crippen LogP contribution in [0, 0.1) is 17.5 Å². The van der Waals surface area contributed by atoms with E-state index in [1.165, 1.54) is 6.20 Å². The van der Waals surface area contributed by atoms with Crippen molar-refractivity contribution in [3.8, 4) is 5.75 Å². The van der Waals surface area contributed by atoms with E-state index in [2.05, 4.69) is 25.8 Å². The van der Waals surface area contributed by atoms with Gasteiger partial charge in [-0.2, -0.15) is 10.1 Å². The molecule has 6 nitrogen and oxygen atoms in total. The average molecular weight is 347 g/mol. The van der Waals surface area contributed by atoms with Gasteiger partial charge in [-0.25, -0.2) is 13.2 Å². The molecule has 0 spiro atoms. The number of hydrogen-bond acceptors (Lipinski definition) is 6. The summed E-state index contributed by atoms with van der Waals surface area (Å²) < 4.78 is 45.0. The molecule has 0 fully saturated rings. The average Bonchev–Trinajstić information content (AvgIpc) is 2.63. The summed E-state index contributed by atoms with van der Waals surface area (Å²) in [6, 6.07) is 8.93. The highest BCUT2D eigenvalue weighted by atomic mass is 19.2. The number of anilines is 4. The van der Waals surface area contributed by atoms with E-state index in [9.17, 15) is 13.2 Å². The number of ether oxygens (including phenoxy) is 1. The molecular formula is C16H12F3N5O. The highest BCUT2D eigenvalue weighted by Crippen LogP contribution is 2.23. The lowest BCUT2D eigenvalue weighted by atomic mass is 10.3. The van der Waals surface area contributed by atoms with Gasteiger partial charge in [0.1, 0.15) is 5.75 Å². The zero-order valence-corrected chi connectivity index (χ0v) is 12.9. The third kappa shape index (κ3) is 3.77. The number of benzene rings is 2. The van der Waals surface area contributed by atoms with Gasteiger partial charge in [-0.1, -0.05) is 6.07 Å². The predicted molar refractivity (Wildman–Crippen MR) is 85.7 cm³/mol. The monoisotopic (exact) mass is 347 g/mol. The van der Waals surface area contributed by atoms with Crippen LogP contribution in [-0.4, -0.2) is 22.3 Å². The number of halogens is 3. The van der Waals surface area contributed by atoms with Crippen LogP contribution in [-0.2, 0) is 0 Å². The van der Waals surface area contributed by atoms with E-state index in [1.807, 2.05) is 0 Å². The molecule has 2 N–H and O–H groups in total. The maximum Gasteiger partial charge on any atom is 0.249 e. The molecule has 3 rings (SSSR count). The highest BCUT2D eigenvalue weighted by Gasteiger charge is 2.14. The Labute approximate surface area is 140 Å². The van der Waals surface area contributed by atoms with E-state index in [4.69, 9.17) is 4.74 Å². The third-order valence-corrected chi connectivity index (χ3v) is 3.18. The summed E-state index contributed by atoms with van der Waals surface area (Å²) in [5, 5.41) is 12.8. The number of rotatable bonds is 5. The molecule has 9 heteroatoms. The molecular weight excluding hydrogens is 335 g/mol. The minimum atomic E-state index is -1.58. The van der Waals surface area contributed by atoms with Crippen molar-refractivity contribution in [2.45, 2.75) is 0 Å². The number of nitrogens with zero attached hydrogens (tertiary/aromatic N) is 3. The van der Waals surface area contributed by atoms with Crippen LogP contribution in [0.1, 0.15) is 0 Å². The largest absolute Gasteiger partial charge is 0.497 e. The van der Waals surface area contributed by atoms with Gasteiger partial charge in [0, 0.05) is 11.8 Å². The van der Waals surface area contributed by atoms with Crippen LogP contribution in [0.4, 0.5) is 36.3 Å². The van der Waals surface area contributed by atoms with Gasteiger partial charge < -0.3 is 15.4 Å². The van der Waals surface area contributed by atoms with Crippen LogP contribution < -0.4 is 15.4 Å². The summed E-state index contributed by atoms with van der Waals surface area (Å²) in [5.74, 6) is -3.35. The zero-order chi connectivity index (χ0) is 17.8. The molecule has 25 heavy (non-hydrogen) atoms. The van der Waals surface area contributed by atoms with Gasteiger partial charge in [-0.05, 0) is 24.3 Å². The summed E-state index contributed by atoms with van der Waals surface area (Å²) in [6.07, 6.45) is 1.35. The molecule has 1 heterocycles. The maximum absolute atomic E-state index is 13.7. The molecule has 0 saturated heterocycles. The second-order valence-electron chi connectivity index (χ2n) is 4.87. The first kappa shape index (κ1) is 16.5. The van der Waals surface area contributed by atoms with Crippen molar-refractivity contribution < 1.29 is 17.9 Å². The van der Waals surface area contributed by atoms with E-state index in [0.717, 1.165) is 12.1 Å². The molecule has 2 aromatic carbocycles. The fourth-order valence-electron chi connectivity index (χ4n) is 2.01. The van der Waals surface area contributed by atoms with Gasteiger partial charge in [0.05, 0.1) is 19.0 Å². The molecule has 0 amide bonds. The minimum absolute atomic E-state index is 0.0854. The van der Waals surface area contributed by atoms with E-state index < -0.39 is 17.5 Å². The molecule has 3 aromatic rings. The quantitative estimate of drug-likeness (QED) is 0.685. The number of nitrogens with one attached hydrogen (secondary N) is 2. The van der Waals surface area contributed by atoms with E-state index in [-0.39, 0.29) is 11.6 Å². The van der Waals surface area contributed by atoms with Crippen molar-refractivity contribution in [3.05, 3.63) is 60.0 Å². The molecule has 0 atom stereocenters. The highest BCUT2D eigenvalue weighted by molar-refractivity contribution is 5.60. The lowest BCUT2D eigenvalue weighted by molar-refractivity contribution is 0.415. The summed E-state index contributed by atoms with van der Waals surface area (Å²) in [7, 11) is 1.55. The molecule has 128 valence electrons. The molecule has 0 aliphatic carbocycles. The van der Waals surface area contributed by atoms with Crippen molar-refractivity contribution in [1.82, 2.24) is 15.2 Å². The van der Waals surface area contributed by atoms with Crippen LogP contribution in [0.5, 0.6) is 5.75 Å². The Morgan fingerprint density at radius 1 is 1.00 bits per heavy atom. The normalized spacial score (nSPS) is 10.4. The summed E-state index contributed by atoms with van der Waals surface area (Å²) >= 11 is 0. The first-order valence-corrected chi connectivity index (χ1v) is 7.08. The number of aromatic nitrogens is 3. The molecule has 1 aromatic heterocycles. The summed E-state index contributed by atoms with van der Waals surface area (Å²) in [5.41, 5.74) is 0.379. The van der Waals surface area contributed by atoms with Gasteiger partial charge in [0.25, 0.3) is 0 Å². The maximum atomic E-state index is 13.7. The number of hydrogen-bond donors (Lipinski definition) is 2. The van der Waals surface area contributed by atoms with Crippen LogP contribution in [0.15, 0.2) is 42.6 Å². The predicted octanol–water partition coefficient (Wildman–Crippen LogP) is 3.78. The molecule has 0 aliphatic rings. The van der Waals surface area contributed by atoms with Crippen molar-refractivity contribution in [2.24, 2.45) is 0 Å². The fraction of sp³-hybridized carbons (Fsp3) is 0.0625. The van der Waals surface area contributed by atoms with Crippen LogP contribution in [0.25, 0.3) is 0 Å². The zero-order valence-electron chi connectivity index (χ0n) is 12.9. The Hall–Kier alpha value is -3.36. The summed E-state index contributed by atoms with van der Waals surface area (Å²) in [6.45, 7) is 0. The van der Waals surface area contributed by atoms with Crippen molar-refractivity contribution in [2.75, 3.05) is 17.7 Å². The Morgan fingerprint density at radius 3 is 2.64 bits per heavy atom. The fourth-order valence-corrected chi connectivity index (χ4v) is 2.01. The first-order valence-electron chi connectivity index (χ1n) is 7.08. The van der Waals surface area contributed by atoms with Gasteiger partial charge in [0.15, 0.2) is 23.3 Å². The van der Waals surface area contributed by atoms with Gasteiger partial charge >= 0.3 is 0 Å². The second-order valence-corrected chi connectivity index (χ2v) is 4.87. The van der Waals surface area contributed by atoms with Crippen LogP contribution in [0.3, 0.4) is 0 Å². The Kier molecular flexibility index (Phi) is 4.64. The number of methoxy groups -OCH3 is 1. The van der Waals surface area contributed by atoms with Crippen LogP contribution in [0.2, 0.25) is 0 Å². The molecule has 0 radical (unpaired) electrons. The lowest BCUT2D eigenvalue weighted by Gasteiger charge is -2.09. The van der Waals surface area contributed by atoms with Gasteiger partial charge in [-0.3, -0.25) is 0 Å². The Balaban J connectivity index is 1.81. The van der Waals surface area contributed by atoms with Gasteiger partial charge in [-0.15, -0.1) is 5.10 Å². The van der Waals surface area contributed by atoms with Crippen molar-refractivity contribution in [3.63, 3.8) is 0 Å². The SMILES string of the molecule is COc1cccc(Nc2cnnc(Nc3ccc(F)c(F)c3F)n2)c1. The molecule has 0 saturated carbocycles. The van der Waals surface area contributed by atoms with Gasteiger partial charge in [0.2, 0.25) is 5.95 Å². The summed E-state index contributed by atoms with van der Waals surface area (Å²) in [4.78, 5) is 4.09. The Bertz CT molecular complexity index is 907. The minimum Gasteiger partial charge on any atom is -0.497 e. The van der Waals surface area contributed by atoms with Crippen molar-refractivity contribution >= 4 is 23.1 Å². The smallest absolute Gasteiger partial charge is 0.249 e. The lowest BCUT2D eigenvalue weighted by Crippen LogP contribution is -2.05. The molecule has 0 bridgehead atoms. The van der Waals surface area contributed by atoms with E-state index in [0.29, 0.717) is 17.3 Å². The Morgan fingerprint density at radius 2 is 1.84 bits per heavy atom. The third-order valence-electron chi connectivity index (χ3n) is 3.18. The standard InChI is InChI=1S/C16H12F3N5O/c1-25-10-4-2-3-9(7-10)21-13-8-20-24-16(23-13)22-12-6-5-11(17)14(18)15(12)19/h2-8H,1H3,(H2,21,22,23,24). The first-order chi connectivity index (χ1) is 12.1. The molecule has 0 aliphatic heterocycles. The topological polar surface area (TPSA) is 72.0 Å². The van der Waals surface area contributed by atoms with Crippen LogP contribution >= 0.6 is 0 Å². The second kappa shape index (κ2) is 7.04.